The Kier molecular flexibility index (Phi) is 1.63. The number of nitrogens with zero attached hydrogens (tertiary/aromatic N) is 1. The third kappa shape index (κ3) is 0.792. The van der Waals surface area contributed by atoms with Gasteiger partial charge in [0.25, 0.3) is 0 Å². The summed E-state index contributed by atoms with van der Waals surface area (Å²) >= 11 is 5.63. The molecule has 10 heavy (non-hydrogen) atoms. The molecule has 0 aromatic rings. The predicted octanol–water partition coefficient (Wildman–Crippen LogP) is 0.700. The maximum absolute atomic E-state index is 5.63. The fourth-order valence-electron chi connectivity index (χ4n) is 1.70. The number of ether oxygens (including phenoxy) is 1. The maximum atomic E-state index is 5.63. The highest BCUT2D eigenvalue weighted by molar-refractivity contribution is 6.18. The van der Waals surface area contributed by atoms with Gasteiger partial charge in [0.15, 0.2) is 0 Å². The van der Waals surface area contributed by atoms with E-state index in [9.17, 15) is 0 Å². The van der Waals surface area contributed by atoms with Gasteiger partial charge in [-0.05, 0) is 6.42 Å². The van der Waals surface area contributed by atoms with E-state index in [-0.39, 0.29) is 0 Å². The standard InChI is InChI=1S/C7H12ClNO/c8-2-4-9-3-1-7(9)5-10-6-7/h1-6H2. The molecule has 0 aromatic carbocycles. The Balaban J connectivity index is 1.87. The first-order chi connectivity index (χ1) is 4.87. The molecule has 2 fully saturated rings. The normalized spacial score (nSPS) is 29.7. The molecule has 2 rings (SSSR count). The van der Waals surface area contributed by atoms with Crippen LogP contribution in [0.5, 0.6) is 0 Å². The zero-order chi connectivity index (χ0) is 7.03. The first kappa shape index (κ1) is 6.89. The lowest BCUT2D eigenvalue weighted by Crippen LogP contribution is -2.70. The van der Waals surface area contributed by atoms with Gasteiger partial charge in [-0.15, -0.1) is 11.6 Å². The summed E-state index contributed by atoms with van der Waals surface area (Å²) in [4.78, 5) is 2.43. The summed E-state index contributed by atoms with van der Waals surface area (Å²) in [6.45, 7) is 4.12. The van der Waals surface area contributed by atoms with Crippen molar-refractivity contribution in [3.8, 4) is 0 Å². The lowest BCUT2D eigenvalue weighted by atomic mass is 9.83. The first-order valence-corrected chi connectivity index (χ1v) is 4.30. The van der Waals surface area contributed by atoms with Gasteiger partial charge in [0.1, 0.15) is 0 Å². The van der Waals surface area contributed by atoms with Crippen molar-refractivity contribution >= 4 is 11.6 Å². The molecule has 0 radical (unpaired) electrons. The monoisotopic (exact) mass is 161 g/mol. The van der Waals surface area contributed by atoms with Gasteiger partial charge < -0.3 is 4.74 Å². The Morgan fingerprint density at radius 3 is 2.60 bits per heavy atom. The smallest absolute Gasteiger partial charge is 0.0691 e. The zero-order valence-corrected chi connectivity index (χ0v) is 6.73. The number of alkyl halides is 1. The van der Waals surface area contributed by atoms with Gasteiger partial charge in [-0.2, -0.15) is 0 Å². The van der Waals surface area contributed by atoms with E-state index in [1.807, 2.05) is 0 Å². The highest BCUT2D eigenvalue weighted by Gasteiger charge is 2.49. The van der Waals surface area contributed by atoms with Crippen LogP contribution in [-0.2, 0) is 4.74 Å². The van der Waals surface area contributed by atoms with E-state index in [1.54, 1.807) is 0 Å². The van der Waals surface area contributed by atoms with Gasteiger partial charge in [-0.3, -0.25) is 4.90 Å². The van der Waals surface area contributed by atoms with Gasteiger partial charge in [0, 0.05) is 19.0 Å². The van der Waals surface area contributed by atoms with E-state index < -0.39 is 0 Å². The Bertz CT molecular complexity index is 130. The van der Waals surface area contributed by atoms with E-state index in [0.717, 1.165) is 25.6 Å². The average molecular weight is 162 g/mol. The van der Waals surface area contributed by atoms with E-state index >= 15 is 0 Å². The molecule has 0 atom stereocenters. The highest BCUT2D eigenvalue weighted by Crippen LogP contribution is 2.36. The second kappa shape index (κ2) is 2.36. The fraction of sp³-hybridized carbons (Fsp3) is 1.00. The van der Waals surface area contributed by atoms with Crippen LogP contribution in [0.3, 0.4) is 0 Å². The largest absolute Gasteiger partial charge is 0.377 e. The minimum atomic E-state index is 0.439. The molecule has 0 aromatic heterocycles. The molecule has 0 saturated carbocycles. The van der Waals surface area contributed by atoms with Gasteiger partial charge >= 0.3 is 0 Å². The Hall–Kier alpha value is 0.210. The summed E-state index contributed by atoms with van der Waals surface area (Å²) in [5.41, 5.74) is 0.439. The van der Waals surface area contributed by atoms with Crippen LogP contribution in [0.25, 0.3) is 0 Å². The molecule has 0 bridgehead atoms. The summed E-state index contributed by atoms with van der Waals surface area (Å²) < 4.78 is 5.17. The Morgan fingerprint density at radius 2 is 2.30 bits per heavy atom. The first-order valence-electron chi connectivity index (χ1n) is 3.76. The van der Waals surface area contributed by atoms with Crippen molar-refractivity contribution in [1.29, 1.82) is 0 Å². The third-order valence-corrected chi connectivity index (χ3v) is 2.78. The van der Waals surface area contributed by atoms with Crippen LogP contribution in [0.4, 0.5) is 0 Å². The van der Waals surface area contributed by atoms with E-state index in [0.29, 0.717) is 5.54 Å². The van der Waals surface area contributed by atoms with Crippen molar-refractivity contribution in [2.45, 2.75) is 12.0 Å². The van der Waals surface area contributed by atoms with Crippen LogP contribution in [-0.4, -0.2) is 42.6 Å². The molecule has 2 aliphatic heterocycles. The summed E-state index contributed by atoms with van der Waals surface area (Å²) in [6, 6.07) is 0. The molecule has 2 nitrogen and oxygen atoms in total. The summed E-state index contributed by atoms with van der Waals surface area (Å²) in [7, 11) is 0. The van der Waals surface area contributed by atoms with Crippen LogP contribution in [0.1, 0.15) is 6.42 Å². The average Bonchev–Trinajstić information content (AvgIpc) is 1.77. The maximum Gasteiger partial charge on any atom is 0.0691 e. The summed E-state index contributed by atoms with van der Waals surface area (Å²) in [5.74, 6) is 0.752. The van der Waals surface area contributed by atoms with E-state index in [4.69, 9.17) is 16.3 Å². The SMILES string of the molecule is ClCCN1CCC12COC2. The lowest BCUT2D eigenvalue weighted by molar-refractivity contribution is -0.190. The Morgan fingerprint density at radius 1 is 1.50 bits per heavy atom. The molecular weight excluding hydrogens is 150 g/mol. The quantitative estimate of drug-likeness (QED) is 0.553. The molecule has 0 unspecified atom stereocenters. The molecule has 1 spiro atoms. The minimum absolute atomic E-state index is 0.439. The molecular formula is C7H12ClNO. The number of hydrogen-bond acceptors (Lipinski definition) is 2. The van der Waals surface area contributed by atoms with Crippen molar-refractivity contribution < 1.29 is 4.74 Å². The number of halogens is 1. The van der Waals surface area contributed by atoms with E-state index in [2.05, 4.69) is 4.90 Å². The van der Waals surface area contributed by atoms with Crippen molar-refractivity contribution in [3.63, 3.8) is 0 Å². The molecule has 0 aliphatic carbocycles. The summed E-state index contributed by atoms with van der Waals surface area (Å²) in [5, 5.41) is 0. The van der Waals surface area contributed by atoms with Gasteiger partial charge in [0.05, 0.1) is 18.8 Å². The van der Waals surface area contributed by atoms with E-state index in [1.165, 1.54) is 13.0 Å². The molecule has 3 heteroatoms. The van der Waals surface area contributed by atoms with Crippen LogP contribution in [0.15, 0.2) is 0 Å². The highest BCUT2D eigenvalue weighted by atomic mass is 35.5. The zero-order valence-electron chi connectivity index (χ0n) is 5.98. The van der Waals surface area contributed by atoms with Crippen LogP contribution in [0, 0.1) is 0 Å². The van der Waals surface area contributed by atoms with Crippen LogP contribution >= 0.6 is 11.6 Å². The van der Waals surface area contributed by atoms with Crippen molar-refractivity contribution in [2.75, 3.05) is 32.2 Å². The molecule has 2 heterocycles. The number of hydrogen-bond donors (Lipinski definition) is 0. The topological polar surface area (TPSA) is 12.5 Å². The van der Waals surface area contributed by atoms with Crippen LogP contribution in [0.2, 0.25) is 0 Å². The second-order valence-corrected chi connectivity index (χ2v) is 3.52. The molecule has 0 amide bonds. The molecule has 0 N–H and O–H groups in total. The predicted molar refractivity (Wildman–Crippen MR) is 40.5 cm³/mol. The van der Waals surface area contributed by atoms with Gasteiger partial charge in [-0.1, -0.05) is 0 Å². The van der Waals surface area contributed by atoms with Crippen LogP contribution < -0.4 is 0 Å². The van der Waals surface area contributed by atoms with Crippen molar-refractivity contribution in [1.82, 2.24) is 4.90 Å². The van der Waals surface area contributed by atoms with Gasteiger partial charge in [-0.25, -0.2) is 0 Å². The third-order valence-electron chi connectivity index (χ3n) is 2.61. The molecule has 2 saturated heterocycles. The van der Waals surface area contributed by atoms with Crippen molar-refractivity contribution in [3.05, 3.63) is 0 Å². The van der Waals surface area contributed by atoms with Gasteiger partial charge in [0.2, 0.25) is 0 Å². The molecule has 2 aliphatic rings. The minimum Gasteiger partial charge on any atom is -0.377 e. The number of rotatable bonds is 2. The molecule has 58 valence electrons. The summed E-state index contributed by atoms with van der Waals surface area (Å²) in [6.07, 6.45) is 1.31. The second-order valence-electron chi connectivity index (χ2n) is 3.14. The van der Waals surface area contributed by atoms with Crippen molar-refractivity contribution in [2.24, 2.45) is 0 Å². The fourth-order valence-corrected chi connectivity index (χ4v) is 1.91. The Labute approximate surface area is 66.1 Å². The lowest BCUT2D eigenvalue weighted by Gasteiger charge is -2.57. The number of likely N-dealkylation sites (tertiary alicyclic amines) is 1.